The number of hydrogen-bond donors (Lipinski definition) is 1. The zero-order chi connectivity index (χ0) is 19.7. The number of piperazine rings is 1. The molecule has 3 aliphatic rings. The highest BCUT2D eigenvalue weighted by Gasteiger charge is 2.28. The Hall–Kier alpha value is -2.61. The van der Waals surface area contributed by atoms with Crippen LogP contribution in [-0.2, 0) is 0 Å². The van der Waals surface area contributed by atoms with E-state index in [-0.39, 0.29) is 11.7 Å². The number of fused-ring (bicyclic) bond motifs is 1. The van der Waals surface area contributed by atoms with Gasteiger partial charge in [-0.25, -0.2) is 14.2 Å². The third-order valence-corrected chi connectivity index (χ3v) is 5.37. The van der Waals surface area contributed by atoms with E-state index in [1.165, 1.54) is 12.1 Å². The fourth-order valence-electron chi connectivity index (χ4n) is 3.45. The maximum absolute atomic E-state index is 13.9. The molecule has 1 saturated heterocycles. The Labute approximate surface area is 168 Å². The third kappa shape index (κ3) is 3.82. The zero-order valence-corrected chi connectivity index (χ0v) is 16.4. The summed E-state index contributed by atoms with van der Waals surface area (Å²) >= 11 is 5.75. The van der Waals surface area contributed by atoms with Gasteiger partial charge in [-0.2, -0.15) is 0 Å². The highest BCUT2D eigenvalue weighted by atomic mass is 35.5. The predicted molar refractivity (Wildman–Crippen MR) is 108 cm³/mol. The number of nitrogens with one attached hydrogen (secondary N) is 1. The van der Waals surface area contributed by atoms with Crippen LogP contribution in [0.4, 0.5) is 14.9 Å². The van der Waals surface area contributed by atoms with Crippen molar-refractivity contribution in [2.75, 3.05) is 38.0 Å². The summed E-state index contributed by atoms with van der Waals surface area (Å²) in [6, 6.07) is 4.19. The van der Waals surface area contributed by atoms with Crippen LogP contribution in [0.1, 0.15) is 13.3 Å². The number of anilines is 1. The van der Waals surface area contributed by atoms with E-state index < -0.39 is 5.82 Å². The highest BCUT2D eigenvalue weighted by molar-refractivity contribution is 6.30. The van der Waals surface area contributed by atoms with Crippen LogP contribution in [0.5, 0.6) is 0 Å². The molecule has 1 N–H and O–H groups in total. The van der Waals surface area contributed by atoms with Crippen molar-refractivity contribution in [3.63, 3.8) is 0 Å². The summed E-state index contributed by atoms with van der Waals surface area (Å²) in [5.74, 6) is 1.28. The van der Waals surface area contributed by atoms with Crippen molar-refractivity contribution in [2.24, 2.45) is 9.98 Å². The molecule has 0 saturated carbocycles. The van der Waals surface area contributed by atoms with Gasteiger partial charge in [0.05, 0.1) is 18.1 Å². The van der Waals surface area contributed by atoms with Crippen molar-refractivity contribution in [3.05, 3.63) is 40.9 Å². The third-order valence-electron chi connectivity index (χ3n) is 5.14. The van der Waals surface area contributed by atoms with Crippen molar-refractivity contribution >= 4 is 35.5 Å². The smallest absolute Gasteiger partial charge is 0.322 e. The molecule has 0 aliphatic carbocycles. The molecule has 0 aromatic heterocycles. The second-order valence-electron chi connectivity index (χ2n) is 6.98. The lowest BCUT2D eigenvalue weighted by Gasteiger charge is -2.36. The maximum atomic E-state index is 13.9. The van der Waals surface area contributed by atoms with Crippen LogP contribution >= 0.6 is 11.6 Å². The van der Waals surface area contributed by atoms with E-state index in [9.17, 15) is 9.18 Å². The lowest BCUT2D eigenvalue weighted by Crippen LogP contribution is -2.50. The van der Waals surface area contributed by atoms with E-state index in [0.717, 1.165) is 24.6 Å². The largest absolute Gasteiger partial charge is 0.353 e. The second-order valence-corrected chi connectivity index (χ2v) is 7.41. The van der Waals surface area contributed by atoms with Gasteiger partial charge in [-0.05, 0) is 24.6 Å². The molecule has 9 heteroatoms. The first-order valence-electron chi connectivity index (χ1n) is 9.39. The number of carbonyl (C=O) groups excluding carboxylic acids is 1. The molecular formula is C19H22ClFN6O. The highest BCUT2D eigenvalue weighted by Crippen LogP contribution is 2.21. The van der Waals surface area contributed by atoms with Crippen molar-refractivity contribution in [1.29, 1.82) is 0 Å². The molecule has 3 aliphatic heterocycles. The van der Waals surface area contributed by atoms with E-state index in [4.69, 9.17) is 16.6 Å². The summed E-state index contributed by atoms with van der Waals surface area (Å²) in [4.78, 5) is 27.6. The van der Waals surface area contributed by atoms with Crippen molar-refractivity contribution in [2.45, 2.75) is 19.4 Å². The van der Waals surface area contributed by atoms with Crippen LogP contribution in [0.15, 0.2) is 40.1 Å². The zero-order valence-electron chi connectivity index (χ0n) is 15.6. The van der Waals surface area contributed by atoms with Gasteiger partial charge in [0, 0.05) is 43.8 Å². The molecule has 2 amide bonds. The second kappa shape index (κ2) is 7.79. The van der Waals surface area contributed by atoms with Gasteiger partial charge in [0.25, 0.3) is 0 Å². The number of halogens is 2. The minimum atomic E-state index is -0.548. The summed E-state index contributed by atoms with van der Waals surface area (Å²) in [6.07, 6.45) is 4.86. The van der Waals surface area contributed by atoms with Crippen LogP contribution in [0.2, 0.25) is 5.02 Å². The molecule has 0 spiro atoms. The lowest BCUT2D eigenvalue weighted by molar-refractivity contribution is 0.166. The lowest BCUT2D eigenvalue weighted by atomic mass is 10.2. The van der Waals surface area contributed by atoms with E-state index in [2.05, 4.69) is 27.0 Å². The van der Waals surface area contributed by atoms with Gasteiger partial charge in [-0.1, -0.05) is 18.5 Å². The standard InChI is InChI=1S/C19H22ClFN6O/c1-2-14-11-27-12-22-17(10-18(27)23-14)25-5-7-26(8-6-25)19(28)24-16-4-3-13(20)9-15(16)21/h3-4,9-10,12,14H,2,5-8,11H2,1H3,(H,24,28)/t14-/m1/s1. The van der Waals surface area contributed by atoms with E-state index in [1.807, 2.05) is 12.4 Å². The SMILES string of the molecule is CC[C@@H]1CN2C=NC(N3CCN(C(=O)Nc4ccc(Cl)cc4F)CC3)=CC2=N1. The van der Waals surface area contributed by atoms with Crippen LogP contribution in [0.3, 0.4) is 0 Å². The predicted octanol–water partition coefficient (Wildman–Crippen LogP) is 3.00. The van der Waals surface area contributed by atoms with Gasteiger partial charge in [0.1, 0.15) is 17.5 Å². The number of aliphatic imine (C=N–C) groups is 2. The number of amides is 2. The molecule has 7 nitrogen and oxygen atoms in total. The Morgan fingerprint density at radius 1 is 1.32 bits per heavy atom. The molecule has 4 rings (SSSR count). The number of urea groups is 1. The monoisotopic (exact) mass is 404 g/mol. The Kier molecular flexibility index (Phi) is 5.21. The number of benzene rings is 1. The van der Waals surface area contributed by atoms with Crippen LogP contribution < -0.4 is 5.32 Å². The van der Waals surface area contributed by atoms with E-state index in [1.54, 1.807) is 11.0 Å². The molecule has 0 radical (unpaired) electrons. The first-order valence-corrected chi connectivity index (χ1v) is 9.77. The van der Waals surface area contributed by atoms with Crippen molar-refractivity contribution in [3.8, 4) is 0 Å². The first kappa shape index (κ1) is 18.7. The first-order chi connectivity index (χ1) is 13.5. The summed E-state index contributed by atoms with van der Waals surface area (Å²) in [5, 5.41) is 2.90. The molecule has 28 heavy (non-hydrogen) atoms. The topological polar surface area (TPSA) is 63.5 Å². The summed E-state index contributed by atoms with van der Waals surface area (Å²) < 4.78 is 13.9. The summed E-state index contributed by atoms with van der Waals surface area (Å²) in [6.45, 7) is 5.39. The summed E-state index contributed by atoms with van der Waals surface area (Å²) in [7, 11) is 0. The number of amidine groups is 1. The van der Waals surface area contributed by atoms with Crippen LogP contribution in [0.25, 0.3) is 0 Å². The van der Waals surface area contributed by atoms with Crippen molar-refractivity contribution < 1.29 is 9.18 Å². The maximum Gasteiger partial charge on any atom is 0.322 e. The van der Waals surface area contributed by atoms with Crippen LogP contribution in [0, 0.1) is 5.82 Å². The fourth-order valence-corrected chi connectivity index (χ4v) is 3.61. The molecule has 0 unspecified atom stereocenters. The molecule has 148 valence electrons. The van der Waals surface area contributed by atoms with Gasteiger partial charge < -0.3 is 20.0 Å². The molecule has 1 fully saturated rings. The molecule has 1 aromatic rings. The average Bonchev–Trinajstić information content (AvgIpc) is 3.12. The minimum absolute atomic E-state index is 0.126. The van der Waals surface area contributed by atoms with Gasteiger partial charge in [0.15, 0.2) is 0 Å². The molecule has 3 heterocycles. The Morgan fingerprint density at radius 3 is 2.82 bits per heavy atom. The Balaban J connectivity index is 1.34. The minimum Gasteiger partial charge on any atom is -0.353 e. The van der Waals surface area contributed by atoms with Crippen LogP contribution in [-0.4, -0.2) is 71.7 Å². The number of rotatable bonds is 3. The molecular weight excluding hydrogens is 383 g/mol. The Morgan fingerprint density at radius 2 is 2.11 bits per heavy atom. The quantitative estimate of drug-likeness (QED) is 0.842. The average molecular weight is 405 g/mol. The van der Waals surface area contributed by atoms with E-state index >= 15 is 0 Å². The van der Waals surface area contributed by atoms with Crippen molar-refractivity contribution in [1.82, 2.24) is 14.7 Å². The van der Waals surface area contributed by atoms with E-state index in [0.29, 0.717) is 37.2 Å². The number of nitrogens with zero attached hydrogens (tertiary/aromatic N) is 5. The van der Waals surface area contributed by atoms with Gasteiger partial charge in [0.2, 0.25) is 0 Å². The molecule has 0 bridgehead atoms. The summed E-state index contributed by atoms with van der Waals surface area (Å²) in [5.41, 5.74) is 0.126. The van der Waals surface area contributed by atoms with Gasteiger partial charge >= 0.3 is 6.03 Å². The molecule has 1 atom stereocenters. The van der Waals surface area contributed by atoms with Gasteiger partial charge in [-0.3, -0.25) is 4.99 Å². The number of hydrogen-bond acceptors (Lipinski definition) is 5. The Bertz CT molecular complexity index is 862. The van der Waals surface area contributed by atoms with Gasteiger partial charge in [-0.15, -0.1) is 0 Å². The normalized spacial score (nSPS) is 21.4. The fraction of sp³-hybridized carbons (Fsp3) is 0.421. The molecule has 1 aromatic carbocycles. The number of carbonyl (C=O) groups is 1.